The highest BCUT2D eigenvalue weighted by Gasteiger charge is 2.18. The van der Waals surface area contributed by atoms with Crippen LogP contribution < -0.4 is 10.1 Å². The second kappa shape index (κ2) is 9.28. The van der Waals surface area contributed by atoms with E-state index in [1.54, 1.807) is 12.1 Å². The number of rotatable bonds is 7. The zero-order valence-corrected chi connectivity index (χ0v) is 15.7. The van der Waals surface area contributed by atoms with E-state index in [4.69, 9.17) is 14.2 Å². The van der Waals surface area contributed by atoms with Gasteiger partial charge in [0, 0.05) is 23.0 Å². The Morgan fingerprint density at radius 3 is 2.32 bits per heavy atom. The van der Waals surface area contributed by atoms with E-state index in [9.17, 15) is 4.79 Å². The first-order chi connectivity index (χ1) is 13.7. The van der Waals surface area contributed by atoms with E-state index in [-0.39, 0.29) is 5.57 Å². The van der Waals surface area contributed by atoms with Crippen LogP contribution in [0.1, 0.15) is 5.56 Å². The number of nitrogens with one attached hydrogen (secondary N) is 1. The van der Waals surface area contributed by atoms with Crippen LogP contribution in [-0.2, 0) is 14.3 Å². The van der Waals surface area contributed by atoms with Crippen molar-refractivity contribution >= 4 is 22.9 Å². The molecule has 3 aromatic carbocycles. The number of para-hydroxylation sites is 2. The molecule has 3 rings (SSSR count). The van der Waals surface area contributed by atoms with Crippen LogP contribution >= 0.6 is 0 Å². The molecule has 0 heterocycles. The van der Waals surface area contributed by atoms with Crippen LogP contribution in [0.5, 0.6) is 11.5 Å². The molecule has 0 fully saturated rings. The molecule has 0 aliphatic rings. The van der Waals surface area contributed by atoms with Crippen LogP contribution in [0.3, 0.4) is 0 Å². The van der Waals surface area contributed by atoms with E-state index < -0.39 is 5.97 Å². The molecule has 142 valence electrons. The maximum absolute atomic E-state index is 12.1. The monoisotopic (exact) mass is 375 g/mol. The van der Waals surface area contributed by atoms with Gasteiger partial charge in [0.2, 0.25) is 0 Å². The van der Waals surface area contributed by atoms with Gasteiger partial charge in [-0.2, -0.15) is 0 Å². The van der Waals surface area contributed by atoms with Crippen molar-refractivity contribution in [3.8, 4) is 11.5 Å². The van der Waals surface area contributed by atoms with Crippen molar-refractivity contribution in [1.82, 2.24) is 0 Å². The lowest BCUT2D eigenvalue weighted by atomic mass is 10.1. The molecule has 0 spiro atoms. The quantitative estimate of drug-likeness (QED) is 0.341. The van der Waals surface area contributed by atoms with E-state index in [0.29, 0.717) is 17.1 Å². The van der Waals surface area contributed by atoms with Gasteiger partial charge in [0.15, 0.2) is 0 Å². The van der Waals surface area contributed by atoms with Gasteiger partial charge in [-0.05, 0) is 30.3 Å². The van der Waals surface area contributed by atoms with Gasteiger partial charge in [-0.15, -0.1) is 0 Å². The molecule has 0 saturated heterocycles. The fourth-order valence-corrected chi connectivity index (χ4v) is 2.68. The van der Waals surface area contributed by atoms with Crippen molar-refractivity contribution in [3.63, 3.8) is 0 Å². The van der Waals surface area contributed by atoms with Crippen LogP contribution in [0, 0.1) is 0 Å². The molecule has 0 aliphatic heterocycles. The molecular formula is C23H21NO4. The molecule has 0 bridgehead atoms. The van der Waals surface area contributed by atoms with E-state index >= 15 is 0 Å². The third-order valence-electron chi connectivity index (χ3n) is 3.94. The van der Waals surface area contributed by atoms with Crippen LogP contribution in [0.4, 0.5) is 11.4 Å². The molecule has 0 saturated carbocycles. The first kappa shape index (κ1) is 19.0. The first-order valence-corrected chi connectivity index (χ1v) is 8.72. The summed E-state index contributed by atoms with van der Waals surface area (Å²) in [6.07, 6.45) is 1.35. The Morgan fingerprint density at radius 1 is 0.857 bits per heavy atom. The Morgan fingerprint density at radius 2 is 1.57 bits per heavy atom. The summed E-state index contributed by atoms with van der Waals surface area (Å²) in [6.45, 7) is 0. The summed E-state index contributed by atoms with van der Waals surface area (Å²) >= 11 is 0. The summed E-state index contributed by atoms with van der Waals surface area (Å²) in [5, 5.41) is 3.33. The average Bonchev–Trinajstić information content (AvgIpc) is 2.73. The van der Waals surface area contributed by atoms with Crippen LogP contribution in [-0.4, -0.2) is 20.2 Å². The second-order valence-corrected chi connectivity index (χ2v) is 5.88. The fourth-order valence-electron chi connectivity index (χ4n) is 2.68. The molecule has 0 unspecified atom stereocenters. The Labute approximate surface area is 164 Å². The van der Waals surface area contributed by atoms with E-state index in [2.05, 4.69) is 5.32 Å². The minimum atomic E-state index is -0.502. The van der Waals surface area contributed by atoms with Gasteiger partial charge in [0.05, 0.1) is 20.5 Å². The summed E-state index contributed by atoms with van der Waals surface area (Å²) in [7, 11) is 2.80. The molecule has 5 heteroatoms. The Bertz CT molecular complexity index is 967. The van der Waals surface area contributed by atoms with E-state index in [0.717, 1.165) is 11.4 Å². The van der Waals surface area contributed by atoms with Gasteiger partial charge < -0.3 is 19.5 Å². The van der Waals surface area contributed by atoms with Crippen molar-refractivity contribution in [2.24, 2.45) is 0 Å². The van der Waals surface area contributed by atoms with Crippen molar-refractivity contribution < 1.29 is 19.0 Å². The molecule has 0 aromatic heterocycles. The molecule has 3 aromatic rings. The Balaban J connectivity index is 1.87. The number of anilines is 2. The standard InChI is InChI=1S/C23H21NO4/c1-26-16-21(23(25)27-2)20-13-6-7-14-22(20)28-19-12-8-11-18(15-19)24-17-9-4-3-5-10-17/h3-16,24H,1-2H3/b21-16+. The number of methoxy groups -OCH3 is 2. The smallest absolute Gasteiger partial charge is 0.341 e. The highest BCUT2D eigenvalue weighted by atomic mass is 16.5. The predicted octanol–water partition coefficient (Wildman–Crippen LogP) is 5.38. The zero-order chi connectivity index (χ0) is 19.8. The highest BCUT2D eigenvalue weighted by molar-refractivity contribution is 6.17. The second-order valence-electron chi connectivity index (χ2n) is 5.88. The van der Waals surface area contributed by atoms with Crippen LogP contribution in [0.2, 0.25) is 0 Å². The molecule has 28 heavy (non-hydrogen) atoms. The molecule has 1 N–H and O–H groups in total. The van der Waals surface area contributed by atoms with Gasteiger partial charge in [-0.3, -0.25) is 0 Å². The van der Waals surface area contributed by atoms with Crippen LogP contribution in [0.25, 0.3) is 5.57 Å². The number of hydrogen-bond donors (Lipinski definition) is 1. The molecule has 5 nitrogen and oxygen atoms in total. The van der Waals surface area contributed by atoms with Crippen molar-refractivity contribution in [3.05, 3.63) is 90.7 Å². The number of carbonyl (C=O) groups is 1. The van der Waals surface area contributed by atoms with Crippen molar-refractivity contribution in [2.75, 3.05) is 19.5 Å². The lowest BCUT2D eigenvalue weighted by Gasteiger charge is -2.14. The van der Waals surface area contributed by atoms with Gasteiger partial charge in [0.25, 0.3) is 0 Å². The third kappa shape index (κ3) is 4.71. The Hall–Kier alpha value is -3.73. The molecule has 0 radical (unpaired) electrons. The van der Waals surface area contributed by atoms with Gasteiger partial charge in [-0.25, -0.2) is 4.79 Å². The van der Waals surface area contributed by atoms with E-state index in [1.165, 1.54) is 20.5 Å². The lowest BCUT2D eigenvalue weighted by Crippen LogP contribution is -2.05. The molecular weight excluding hydrogens is 354 g/mol. The SMILES string of the molecule is CO/C=C(/C(=O)OC)c1ccccc1Oc1cccc(Nc2ccccc2)c1. The highest BCUT2D eigenvalue weighted by Crippen LogP contribution is 2.32. The number of hydrogen-bond acceptors (Lipinski definition) is 5. The summed E-state index contributed by atoms with van der Waals surface area (Å²) in [4.78, 5) is 12.1. The summed E-state index contributed by atoms with van der Waals surface area (Å²) in [6, 6.07) is 24.7. The Kier molecular flexibility index (Phi) is 6.31. The number of benzene rings is 3. The average molecular weight is 375 g/mol. The maximum Gasteiger partial charge on any atom is 0.341 e. The van der Waals surface area contributed by atoms with Gasteiger partial charge in [-0.1, -0.05) is 42.5 Å². The number of carbonyl (C=O) groups excluding carboxylic acids is 1. The first-order valence-electron chi connectivity index (χ1n) is 8.72. The summed E-state index contributed by atoms with van der Waals surface area (Å²) in [5.41, 5.74) is 2.73. The molecule has 0 atom stereocenters. The molecule has 0 amide bonds. The number of ether oxygens (including phenoxy) is 3. The van der Waals surface area contributed by atoms with Gasteiger partial charge in [0.1, 0.15) is 17.1 Å². The van der Waals surface area contributed by atoms with E-state index in [1.807, 2.05) is 66.7 Å². The minimum Gasteiger partial charge on any atom is -0.503 e. The zero-order valence-electron chi connectivity index (χ0n) is 15.7. The summed E-state index contributed by atoms with van der Waals surface area (Å²) < 4.78 is 16.0. The lowest BCUT2D eigenvalue weighted by molar-refractivity contribution is -0.133. The number of esters is 1. The third-order valence-corrected chi connectivity index (χ3v) is 3.94. The normalized spacial score (nSPS) is 10.9. The predicted molar refractivity (Wildman–Crippen MR) is 110 cm³/mol. The largest absolute Gasteiger partial charge is 0.503 e. The van der Waals surface area contributed by atoms with Crippen molar-refractivity contribution in [1.29, 1.82) is 0 Å². The maximum atomic E-state index is 12.1. The fraction of sp³-hybridized carbons (Fsp3) is 0.0870. The van der Waals surface area contributed by atoms with Crippen molar-refractivity contribution in [2.45, 2.75) is 0 Å². The molecule has 0 aliphatic carbocycles. The van der Waals surface area contributed by atoms with Crippen LogP contribution in [0.15, 0.2) is 85.1 Å². The minimum absolute atomic E-state index is 0.277. The topological polar surface area (TPSA) is 56.8 Å². The van der Waals surface area contributed by atoms with Gasteiger partial charge >= 0.3 is 5.97 Å². The summed E-state index contributed by atoms with van der Waals surface area (Å²) in [5.74, 6) is 0.653.